The highest BCUT2D eigenvalue weighted by Crippen LogP contribution is 2.50. The van der Waals surface area contributed by atoms with Crippen molar-refractivity contribution in [2.45, 2.75) is 12.1 Å². The molecule has 0 saturated heterocycles. The molecule has 6 rings (SSSR count). The average Bonchev–Trinajstić information content (AvgIpc) is 3.26. The Hall–Kier alpha value is -3.78. The van der Waals surface area contributed by atoms with Crippen molar-refractivity contribution >= 4 is 23.2 Å². The largest absolute Gasteiger partial charge is 0.480 e. The summed E-state index contributed by atoms with van der Waals surface area (Å²) in [5.41, 5.74) is 3.97. The van der Waals surface area contributed by atoms with Gasteiger partial charge in [0.15, 0.2) is 0 Å². The second-order valence-electron chi connectivity index (χ2n) is 7.28. The number of ether oxygens (including phenoxy) is 1. The molecule has 7 nitrogen and oxygen atoms in total. The third-order valence-corrected chi connectivity index (χ3v) is 5.68. The summed E-state index contributed by atoms with van der Waals surface area (Å²) < 4.78 is 22.2. The first-order chi connectivity index (χ1) is 15.2. The molecular weight excluding hydrogens is 419 g/mol. The number of benzene rings is 2. The van der Waals surface area contributed by atoms with Gasteiger partial charge in [0.05, 0.1) is 5.70 Å². The van der Waals surface area contributed by atoms with Gasteiger partial charge in [0.25, 0.3) is 0 Å². The van der Waals surface area contributed by atoms with E-state index >= 15 is 0 Å². The zero-order chi connectivity index (χ0) is 20.9. The van der Waals surface area contributed by atoms with E-state index in [-0.39, 0.29) is 5.82 Å². The van der Waals surface area contributed by atoms with E-state index < -0.39 is 12.1 Å². The second-order valence-corrected chi connectivity index (χ2v) is 7.72. The maximum absolute atomic E-state index is 14.2. The molecule has 0 aliphatic carbocycles. The van der Waals surface area contributed by atoms with Crippen LogP contribution in [0.1, 0.15) is 28.8 Å². The van der Waals surface area contributed by atoms with Crippen molar-refractivity contribution in [2.75, 3.05) is 5.32 Å². The minimum Gasteiger partial charge on any atom is -0.480 e. The van der Waals surface area contributed by atoms with E-state index in [0.29, 0.717) is 22.3 Å². The Kier molecular flexibility index (Phi) is 4.00. The van der Waals surface area contributed by atoms with Gasteiger partial charge in [-0.15, -0.1) is 0 Å². The number of hydrogen-bond acceptors (Lipinski definition) is 6. The number of fused-ring (bicyclic) bond motifs is 3. The molecular formula is C22H14ClFN6O. The summed E-state index contributed by atoms with van der Waals surface area (Å²) in [6.45, 7) is 0. The summed E-state index contributed by atoms with van der Waals surface area (Å²) in [6, 6.07) is 15.2. The molecule has 2 aromatic carbocycles. The fraction of sp³-hybridized carbons (Fsp3) is 0.0909. The molecule has 0 unspecified atom stereocenters. The summed E-state index contributed by atoms with van der Waals surface area (Å²) in [7, 11) is 0. The van der Waals surface area contributed by atoms with Crippen LogP contribution >= 0.6 is 11.6 Å². The van der Waals surface area contributed by atoms with Gasteiger partial charge in [-0.05, 0) is 58.0 Å². The minimum absolute atomic E-state index is 0.338. The summed E-state index contributed by atoms with van der Waals surface area (Å²) >= 11 is 6.30. The number of aromatic nitrogens is 5. The lowest BCUT2D eigenvalue weighted by atomic mass is 9.85. The number of pyridine rings is 1. The van der Waals surface area contributed by atoms with Crippen LogP contribution in [0.25, 0.3) is 5.70 Å². The normalized spacial score (nSPS) is 19.0. The van der Waals surface area contributed by atoms with E-state index in [1.54, 1.807) is 29.2 Å². The number of nitrogens with one attached hydrogen (secondary N) is 1. The van der Waals surface area contributed by atoms with Crippen molar-refractivity contribution in [1.29, 1.82) is 0 Å². The summed E-state index contributed by atoms with van der Waals surface area (Å²) in [4.78, 5) is 4.28. The smallest absolute Gasteiger partial charge is 0.248 e. The quantitative estimate of drug-likeness (QED) is 0.505. The van der Waals surface area contributed by atoms with Crippen LogP contribution in [-0.4, -0.2) is 25.2 Å². The summed E-state index contributed by atoms with van der Waals surface area (Å²) in [5, 5.41) is 16.1. The van der Waals surface area contributed by atoms with E-state index in [2.05, 4.69) is 25.8 Å². The fourth-order valence-electron chi connectivity index (χ4n) is 4.17. The standard InChI is InChI=1S/C22H14ClFN6O/c23-14-6-7-17-16(10-14)19-18(21(31-17)12-3-1-5-15(24)9-12)20(13-4-2-8-25-11-13)30-22(26-19)27-28-29-30/h1-11,20-21H,(H,26,27,29)/t20-,21+/m0/s1. The van der Waals surface area contributed by atoms with Crippen molar-refractivity contribution < 1.29 is 9.13 Å². The van der Waals surface area contributed by atoms with Crippen LogP contribution in [0.4, 0.5) is 10.3 Å². The van der Waals surface area contributed by atoms with Gasteiger partial charge in [0.2, 0.25) is 5.95 Å². The van der Waals surface area contributed by atoms with E-state index in [1.165, 1.54) is 12.1 Å². The highest BCUT2D eigenvalue weighted by atomic mass is 35.5. The van der Waals surface area contributed by atoms with Crippen LogP contribution in [-0.2, 0) is 0 Å². The van der Waals surface area contributed by atoms with Crippen molar-refractivity contribution in [3.8, 4) is 5.75 Å². The van der Waals surface area contributed by atoms with Gasteiger partial charge in [-0.25, -0.2) is 4.39 Å². The molecule has 0 amide bonds. The lowest BCUT2D eigenvalue weighted by Gasteiger charge is -2.38. The third-order valence-electron chi connectivity index (χ3n) is 5.45. The molecule has 0 spiro atoms. The maximum atomic E-state index is 14.2. The van der Waals surface area contributed by atoms with Crippen LogP contribution in [0.3, 0.4) is 0 Å². The number of tetrazole rings is 1. The molecule has 2 aromatic heterocycles. The molecule has 2 atom stereocenters. The van der Waals surface area contributed by atoms with Crippen molar-refractivity contribution in [2.24, 2.45) is 0 Å². The molecule has 4 aromatic rings. The molecule has 0 radical (unpaired) electrons. The summed E-state index contributed by atoms with van der Waals surface area (Å²) in [5.74, 6) is 0.782. The van der Waals surface area contributed by atoms with Crippen LogP contribution in [0.5, 0.6) is 5.75 Å². The Morgan fingerprint density at radius 2 is 1.97 bits per heavy atom. The van der Waals surface area contributed by atoms with Crippen LogP contribution in [0.2, 0.25) is 5.02 Å². The predicted molar refractivity (Wildman–Crippen MR) is 112 cm³/mol. The Balaban J connectivity index is 1.65. The zero-order valence-electron chi connectivity index (χ0n) is 15.9. The molecule has 0 saturated carbocycles. The number of hydrogen-bond donors (Lipinski definition) is 1. The zero-order valence-corrected chi connectivity index (χ0v) is 16.7. The molecule has 0 fully saturated rings. The highest BCUT2D eigenvalue weighted by Gasteiger charge is 2.41. The second kappa shape index (κ2) is 6.88. The molecule has 2 aliphatic heterocycles. The number of halogens is 2. The van der Waals surface area contributed by atoms with E-state index in [4.69, 9.17) is 16.3 Å². The van der Waals surface area contributed by atoms with E-state index in [1.807, 2.05) is 30.3 Å². The van der Waals surface area contributed by atoms with Gasteiger partial charge in [-0.3, -0.25) is 4.98 Å². The molecule has 1 N–H and O–H groups in total. The van der Waals surface area contributed by atoms with Crippen LogP contribution < -0.4 is 10.1 Å². The predicted octanol–water partition coefficient (Wildman–Crippen LogP) is 4.42. The van der Waals surface area contributed by atoms with E-state index in [9.17, 15) is 4.39 Å². The van der Waals surface area contributed by atoms with Gasteiger partial charge < -0.3 is 10.1 Å². The minimum atomic E-state index is -0.575. The van der Waals surface area contributed by atoms with Gasteiger partial charge in [-0.1, -0.05) is 34.9 Å². The Bertz CT molecular complexity index is 1340. The first-order valence-corrected chi connectivity index (χ1v) is 9.98. The average molecular weight is 433 g/mol. The topological polar surface area (TPSA) is 77.8 Å². The third kappa shape index (κ3) is 2.87. The van der Waals surface area contributed by atoms with Crippen LogP contribution in [0, 0.1) is 5.82 Å². The molecule has 2 aliphatic rings. The van der Waals surface area contributed by atoms with Gasteiger partial charge in [-0.2, -0.15) is 4.68 Å². The Morgan fingerprint density at radius 3 is 2.81 bits per heavy atom. The van der Waals surface area contributed by atoms with Gasteiger partial charge >= 0.3 is 0 Å². The SMILES string of the molecule is Fc1cccc([C@H]2Oc3ccc(Cl)cc3C3=C2[C@H](c2cccnc2)n2nnnc2N3)c1. The monoisotopic (exact) mass is 432 g/mol. The molecule has 0 bridgehead atoms. The maximum Gasteiger partial charge on any atom is 0.248 e. The lowest BCUT2D eigenvalue weighted by molar-refractivity contribution is 0.222. The van der Waals surface area contributed by atoms with Crippen molar-refractivity contribution in [3.05, 3.63) is 100 Å². The number of rotatable bonds is 2. The Labute approximate surface area is 181 Å². The van der Waals surface area contributed by atoms with Crippen molar-refractivity contribution in [1.82, 2.24) is 25.2 Å². The molecule has 152 valence electrons. The lowest BCUT2D eigenvalue weighted by Crippen LogP contribution is -2.32. The van der Waals surface area contributed by atoms with E-state index in [0.717, 1.165) is 22.4 Å². The number of anilines is 1. The molecule has 4 heterocycles. The van der Waals surface area contributed by atoms with Gasteiger partial charge in [0.1, 0.15) is 23.7 Å². The molecule has 31 heavy (non-hydrogen) atoms. The first kappa shape index (κ1) is 18.0. The Morgan fingerprint density at radius 1 is 1.06 bits per heavy atom. The highest BCUT2D eigenvalue weighted by molar-refractivity contribution is 6.30. The van der Waals surface area contributed by atoms with Crippen molar-refractivity contribution in [3.63, 3.8) is 0 Å². The fourth-order valence-corrected chi connectivity index (χ4v) is 4.34. The van der Waals surface area contributed by atoms with Gasteiger partial charge in [0, 0.05) is 28.6 Å². The number of nitrogens with zero attached hydrogens (tertiary/aromatic N) is 5. The first-order valence-electron chi connectivity index (χ1n) is 9.60. The van der Waals surface area contributed by atoms with Crippen LogP contribution in [0.15, 0.2) is 72.6 Å². The summed E-state index contributed by atoms with van der Waals surface area (Å²) in [6.07, 6.45) is 2.90. The molecule has 9 heteroatoms.